The molecule has 0 saturated heterocycles. The van der Waals surface area contributed by atoms with Crippen LogP contribution in [0.5, 0.6) is 0 Å². The van der Waals surface area contributed by atoms with E-state index in [0.717, 1.165) is 6.42 Å². The maximum Gasteiger partial charge on any atom is 0.311 e. The third kappa shape index (κ3) is 1.69. The van der Waals surface area contributed by atoms with Gasteiger partial charge in [0.2, 0.25) is 0 Å². The monoisotopic (exact) mass is 282 g/mol. The summed E-state index contributed by atoms with van der Waals surface area (Å²) in [5, 5.41) is 10.7. The van der Waals surface area contributed by atoms with Crippen molar-refractivity contribution in [1.82, 2.24) is 9.47 Å². The van der Waals surface area contributed by atoms with E-state index in [4.69, 9.17) is 0 Å². The molecule has 0 radical (unpaired) electrons. The number of fused-ring (bicyclic) bond motifs is 2. The zero-order chi connectivity index (χ0) is 14.7. The highest BCUT2D eigenvalue weighted by atomic mass is 16.4. The van der Waals surface area contributed by atoms with E-state index in [2.05, 4.69) is 40.9 Å². The Morgan fingerprint density at radius 3 is 2.90 bits per heavy atom. The maximum atomic E-state index is 11.4. The summed E-state index contributed by atoms with van der Waals surface area (Å²) in [6, 6.07) is 6.61. The summed E-state index contributed by atoms with van der Waals surface area (Å²) in [6.07, 6.45) is 5.14. The summed E-state index contributed by atoms with van der Waals surface area (Å²) in [5.74, 6) is -1.15. The second-order valence-electron chi connectivity index (χ2n) is 6.19. The molecule has 0 saturated carbocycles. The Bertz CT molecular complexity index is 787. The fourth-order valence-corrected chi connectivity index (χ4v) is 3.88. The maximum absolute atomic E-state index is 11.4. The van der Waals surface area contributed by atoms with E-state index in [1.807, 2.05) is 13.1 Å². The predicted octanol–water partition coefficient (Wildman–Crippen LogP) is 2.13. The van der Waals surface area contributed by atoms with E-state index in [1.54, 1.807) is 0 Å². The first-order chi connectivity index (χ1) is 10.1. The van der Waals surface area contributed by atoms with E-state index < -0.39 is 11.9 Å². The molecule has 1 aliphatic carbocycles. The Hall–Kier alpha value is -2.07. The minimum Gasteiger partial charge on any atom is -0.481 e. The second kappa shape index (κ2) is 4.21. The van der Waals surface area contributed by atoms with Crippen LogP contribution in [0.2, 0.25) is 0 Å². The van der Waals surface area contributed by atoms with Gasteiger partial charge in [-0.05, 0) is 36.2 Å². The van der Waals surface area contributed by atoms with E-state index in [1.165, 1.54) is 27.6 Å². The Morgan fingerprint density at radius 2 is 2.14 bits per heavy atom. The van der Waals surface area contributed by atoms with Gasteiger partial charge < -0.3 is 9.67 Å². The molecule has 1 N–H and O–H groups in total. The molecular weight excluding hydrogens is 264 g/mol. The van der Waals surface area contributed by atoms with Gasteiger partial charge in [-0.15, -0.1) is 0 Å². The molecule has 2 heterocycles. The van der Waals surface area contributed by atoms with Crippen molar-refractivity contribution in [2.45, 2.75) is 12.5 Å². The molecule has 0 amide bonds. The molecule has 108 valence electrons. The fourth-order valence-electron chi connectivity index (χ4n) is 3.88. The number of carboxylic acid groups (broad SMARTS) is 1. The molecule has 4 heteroatoms. The summed E-state index contributed by atoms with van der Waals surface area (Å²) in [4.78, 5) is 13.6. The average Bonchev–Trinajstić information content (AvgIpc) is 2.78. The first-order valence-corrected chi connectivity index (χ1v) is 7.28. The molecule has 4 rings (SSSR count). The molecule has 2 atom stereocenters. The lowest BCUT2D eigenvalue weighted by Gasteiger charge is -2.38. The molecule has 1 aliphatic heterocycles. The van der Waals surface area contributed by atoms with Crippen LogP contribution in [0.15, 0.2) is 30.5 Å². The van der Waals surface area contributed by atoms with Crippen molar-refractivity contribution in [2.24, 2.45) is 13.0 Å². The fraction of sp³-hybridized carbons (Fsp3) is 0.353. The summed E-state index contributed by atoms with van der Waals surface area (Å²) in [7, 11) is 4.10. The van der Waals surface area contributed by atoms with Crippen LogP contribution < -0.4 is 0 Å². The summed E-state index contributed by atoms with van der Waals surface area (Å²) in [6.45, 7) is 0.585. The standard InChI is InChI=1S/C17H18N2O2/c1-18-8-10-7-15-13(6-11(17(20)21)9-19(15)2)12-4-3-5-14(18)16(10)12/h3-6,8,11,15H,7,9H2,1-2H3,(H,20,21)/t11-,15-/m1/s1. The lowest BCUT2D eigenvalue weighted by molar-refractivity contribution is -0.140. The first kappa shape index (κ1) is 12.7. The van der Waals surface area contributed by atoms with Crippen molar-refractivity contribution >= 4 is 22.4 Å². The molecule has 21 heavy (non-hydrogen) atoms. The highest BCUT2D eigenvalue weighted by Gasteiger charge is 2.35. The topological polar surface area (TPSA) is 45.5 Å². The van der Waals surface area contributed by atoms with Gasteiger partial charge in [-0.1, -0.05) is 18.2 Å². The Kier molecular flexibility index (Phi) is 2.54. The van der Waals surface area contributed by atoms with Crippen LogP contribution in [0.4, 0.5) is 0 Å². The van der Waals surface area contributed by atoms with E-state index >= 15 is 0 Å². The number of aliphatic carboxylic acids is 1. The highest BCUT2D eigenvalue weighted by molar-refractivity contribution is 5.99. The summed E-state index contributed by atoms with van der Waals surface area (Å²) in [5.41, 5.74) is 4.98. The summed E-state index contributed by atoms with van der Waals surface area (Å²) < 4.78 is 2.17. The van der Waals surface area contributed by atoms with Crippen molar-refractivity contribution < 1.29 is 9.90 Å². The smallest absolute Gasteiger partial charge is 0.311 e. The van der Waals surface area contributed by atoms with Gasteiger partial charge in [0.05, 0.1) is 5.92 Å². The second-order valence-corrected chi connectivity index (χ2v) is 6.19. The number of aromatic nitrogens is 1. The van der Waals surface area contributed by atoms with Crippen molar-refractivity contribution in [2.75, 3.05) is 13.6 Å². The molecule has 1 aromatic heterocycles. The molecule has 0 fully saturated rings. The average molecular weight is 282 g/mol. The zero-order valence-electron chi connectivity index (χ0n) is 12.2. The van der Waals surface area contributed by atoms with Gasteiger partial charge in [-0.3, -0.25) is 9.69 Å². The number of hydrogen-bond acceptors (Lipinski definition) is 2. The third-order valence-corrected chi connectivity index (χ3v) is 4.89. The molecule has 4 nitrogen and oxygen atoms in total. The number of likely N-dealkylation sites (N-methyl/N-ethyl adjacent to an activating group) is 1. The number of rotatable bonds is 1. The van der Waals surface area contributed by atoms with Crippen LogP contribution in [0.25, 0.3) is 16.5 Å². The van der Waals surface area contributed by atoms with Gasteiger partial charge in [0.1, 0.15) is 0 Å². The van der Waals surface area contributed by atoms with Crippen molar-refractivity contribution in [1.29, 1.82) is 0 Å². The number of hydrogen-bond donors (Lipinski definition) is 1. The summed E-state index contributed by atoms with van der Waals surface area (Å²) >= 11 is 0. The van der Waals surface area contributed by atoms with Gasteiger partial charge in [0, 0.05) is 36.7 Å². The molecule has 2 aromatic rings. The van der Waals surface area contributed by atoms with Crippen LogP contribution in [0.1, 0.15) is 11.1 Å². The minimum absolute atomic E-state index is 0.293. The molecule has 0 unspecified atom stereocenters. The van der Waals surface area contributed by atoms with Gasteiger partial charge in [-0.2, -0.15) is 0 Å². The van der Waals surface area contributed by atoms with E-state index in [-0.39, 0.29) is 0 Å². The normalized spacial score (nSPS) is 24.8. The quantitative estimate of drug-likeness (QED) is 0.871. The third-order valence-electron chi connectivity index (χ3n) is 4.89. The lowest BCUT2D eigenvalue weighted by atomic mass is 9.80. The highest BCUT2D eigenvalue weighted by Crippen LogP contribution is 2.41. The van der Waals surface area contributed by atoms with E-state index in [9.17, 15) is 9.90 Å². The SMILES string of the molecule is CN1C[C@H](C(=O)O)C=C2c3cccc4c3c(cn4C)C[C@H]21. The van der Waals surface area contributed by atoms with E-state index in [0.29, 0.717) is 12.6 Å². The van der Waals surface area contributed by atoms with Crippen molar-refractivity contribution in [3.8, 4) is 0 Å². The Balaban J connectivity index is 1.98. The van der Waals surface area contributed by atoms with Crippen molar-refractivity contribution in [3.05, 3.63) is 41.6 Å². The van der Waals surface area contributed by atoms with Gasteiger partial charge in [0.25, 0.3) is 0 Å². The lowest BCUT2D eigenvalue weighted by Crippen LogP contribution is -2.44. The number of carbonyl (C=O) groups is 1. The number of nitrogens with zero attached hydrogens (tertiary/aromatic N) is 2. The Morgan fingerprint density at radius 1 is 1.33 bits per heavy atom. The van der Waals surface area contributed by atoms with Gasteiger partial charge >= 0.3 is 5.97 Å². The van der Waals surface area contributed by atoms with Crippen LogP contribution >= 0.6 is 0 Å². The molecule has 1 aromatic carbocycles. The largest absolute Gasteiger partial charge is 0.481 e. The van der Waals surface area contributed by atoms with Gasteiger partial charge in [-0.25, -0.2) is 0 Å². The number of carboxylic acids is 1. The Labute approximate surface area is 123 Å². The minimum atomic E-state index is -0.737. The van der Waals surface area contributed by atoms with Crippen LogP contribution in [-0.4, -0.2) is 40.2 Å². The van der Waals surface area contributed by atoms with Crippen LogP contribution in [-0.2, 0) is 18.3 Å². The first-order valence-electron chi connectivity index (χ1n) is 7.28. The molecule has 0 bridgehead atoms. The molecule has 2 aliphatic rings. The predicted molar refractivity (Wildman–Crippen MR) is 82.1 cm³/mol. The van der Waals surface area contributed by atoms with Crippen LogP contribution in [0, 0.1) is 5.92 Å². The number of aryl methyl sites for hydroxylation is 1. The van der Waals surface area contributed by atoms with Gasteiger partial charge in [0.15, 0.2) is 0 Å². The molecule has 0 spiro atoms. The van der Waals surface area contributed by atoms with Crippen molar-refractivity contribution in [3.63, 3.8) is 0 Å². The molecular formula is C17H18N2O2. The number of benzene rings is 1. The van der Waals surface area contributed by atoms with Crippen LogP contribution in [0.3, 0.4) is 0 Å². The zero-order valence-corrected chi connectivity index (χ0v) is 12.2.